The van der Waals surface area contributed by atoms with E-state index in [1.165, 1.54) is 7.11 Å². The van der Waals surface area contributed by atoms with E-state index in [-0.39, 0.29) is 5.97 Å². The van der Waals surface area contributed by atoms with Gasteiger partial charge in [-0.2, -0.15) is 0 Å². The van der Waals surface area contributed by atoms with Crippen LogP contribution in [0.2, 0.25) is 0 Å². The first-order valence-electron chi connectivity index (χ1n) is 7.97. The highest BCUT2D eigenvalue weighted by Gasteiger charge is 2.45. The minimum atomic E-state index is -0.984. The summed E-state index contributed by atoms with van der Waals surface area (Å²) in [5.74, 6) is -0.283. The van der Waals surface area contributed by atoms with Gasteiger partial charge < -0.3 is 4.74 Å². The standard InChI is InChI=1S/C22H20O2/c1-17-11-9-10-16-20(17)22(21(23)24-2,18-12-5-3-6-13-18)19-14-7-4-8-15-19/h3-16H,1-2H3. The van der Waals surface area contributed by atoms with E-state index in [4.69, 9.17) is 4.74 Å². The van der Waals surface area contributed by atoms with Crippen molar-refractivity contribution in [3.8, 4) is 0 Å². The van der Waals surface area contributed by atoms with E-state index in [1.807, 2.05) is 91.9 Å². The van der Waals surface area contributed by atoms with Crippen LogP contribution in [0.25, 0.3) is 0 Å². The molecule has 0 aromatic heterocycles. The lowest BCUT2D eigenvalue weighted by Crippen LogP contribution is -2.40. The molecule has 0 saturated heterocycles. The lowest BCUT2D eigenvalue weighted by Gasteiger charge is -2.34. The van der Waals surface area contributed by atoms with Crippen LogP contribution in [-0.4, -0.2) is 13.1 Å². The number of aryl methyl sites for hydroxylation is 1. The number of carbonyl (C=O) groups excluding carboxylic acids is 1. The maximum atomic E-state index is 13.2. The van der Waals surface area contributed by atoms with Gasteiger partial charge in [0, 0.05) is 0 Å². The Bertz CT molecular complexity index is 783. The predicted octanol–water partition coefficient (Wildman–Crippen LogP) is 4.50. The van der Waals surface area contributed by atoms with Crippen LogP contribution in [0, 0.1) is 6.92 Å². The molecule has 0 aliphatic heterocycles. The van der Waals surface area contributed by atoms with Crippen molar-refractivity contribution in [2.45, 2.75) is 12.3 Å². The molecule has 3 rings (SSSR count). The van der Waals surface area contributed by atoms with Gasteiger partial charge in [-0.3, -0.25) is 4.79 Å². The van der Waals surface area contributed by atoms with Gasteiger partial charge in [-0.15, -0.1) is 0 Å². The molecule has 3 aromatic carbocycles. The number of benzene rings is 3. The summed E-state index contributed by atoms with van der Waals surface area (Å²) >= 11 is 0. The number of hydrogen-bond acceptors (Lipinski definition) is 2. The number of hydrogen-bond donors (Lipinski definition) is 0. The molecule has 3 aromatic rings. The molecule has 0 saturated carbocycles. The molecule has 0 amide bonds. The maximum Gasteiger partial charge on any atom is 0.325 e. The number of methoxy groups -OCH3 is 1. The summed E-state index contributed by atoms with van der Waals surface area (Å²) < 4.78 is 5.30. The summed E-state index contributed by atoms with van der Waals surface area (Å²) in [4.78, 5) is 13.2. The van der Waals surface area contributed by atoms with Crippen molar-refractivity contribution < 1.29 is 9.53 Å². The fraction of sp³-hybridized carbons (Fsp3) is 0.136. The van der Waals surface area contributed by atoms with E-state index in [1.54, 1.807) is 0 Å². The van der Waals surface area contributed by atoms with Gasteiger partial charge in [0.1, 0.15) is 5.41 Å². The second-order valence-electron chi connectivity index (χ2n) is 5.79. The number of rotatable bonds is 4. The molecule has 0 radical (unpaired) electrons. The van der Waals surface area contributed by atoms with E-state index >= 15 is 0 Å². The molecule has 0 N–H and O–H groups in total. The first kappa shape index (κ1) is 16.0. The monoisotopic (exact) mass is 316 g/mol. The van der Waals surface area contributed by atoms with Gasteiger partial charge in [-0.1, -0.05) is 84.9 Å². The van der Waals surface area contributed by atoms with E-state index in [2.05, 4.69) is 0 Å². The zero-order valence-electron chi connectivity index (χ0n) is 13.9. The molecule has 0 spiro atoms. The molecule has 0 aliphatic rings. The molecule has 0 aliphatic carbocycles. The van der Waals surface area contributed by atoms with Crippen molar-refractivity contribution in [3.63, 3.8) is 0 Å². The van der Waals surface area contributed by atoms with Crippen molar-refractivity contribution >= 4 is 5.97 Å². The highest BCUT2D eigenvalue weighted by Crippen LogP contribution is 2.41. The molecule has 0 fully saturated rings. The van der Waals surface area contributed by atoms with E-state index in [0.29, 0.717) is 0 Å². The molecule has 0 atom stereocenters. The Morgan fingerprint density at radius 1 is 0.750 bits per heavy atom. The van der Waals surface area contributed by atoms with Crippen molar-refractivity contribution in [1.82, 2.24) is 0 Å². The quantitative estimate of drug-likeness (QED) is 0.523. The van der Waals surface area contributed by atoms with Gasteiger partial charge in [0.25, 0.3) is 0 Å². The normalized spacial score (nSPS) is 11.1. The number of ether oxygens (including phenoxy) is 1. The van der Waals surface area contributed by atoms with Crippen molar-refractivity contribution in [2.75, 3.05) is 7.11 Å². The van der Waals surface area contributed by atoms with Crippen LogP contribution in [0.4, 0.5) is 0 Å². The molecular weight excluding hydrogens is 296 g/mol. The Kier molecular flexibility index (Phi) is 4.48. The third-order valence-electron chi connectivity index (χ3n) is 4.45. The average Bonchev–Trinajstić information content (AvgIpc) is 2.65. The Balaban J connectivity index is 2.43. The average molecular weight is 316 g/mol. The van der Waals surface area contributed by atoms with Crippen LogP contribution in [0.1, 0.15) is 22.3 Å². The van der Waals surface area contributed by atoms with Crippen LogP contribution in [0.15, 0.2) is 84.9 Å². The van der Waals surface area contributed by atoms with Crippen molar-refractivity contribution in [3.05, 3.63) is 107 Å². The smallest absolute Gasteiger partial charge is 0.325 e. The van der Waals surface area contributed by atoms with E-state index < -0.39 is 5.41 Å². The SMILES string of the molecule is COC(=O)C(c1ccccc1)(c1ccccc1)c1ccccc1C. The van der Waals surface area contributed by atoms with Gasteiger partial charge in [0.15, 0.2) is 0 Å². The molecule has 2 nitrogen and oxygen atoms in total. The lowest BCUT2D eigenvalue weighted by molar-refractivity contribution is -0.144. The third kappa shape index (κ3) is 2.50. The minimum Gasteiger partial charge on any atom is -0.468 e. The fourth-order valence-corrected chi connectivity index (χ4v) is 3.35. The van der Waals surface area contributed by atoms with Gasteiger partial charge in [-0.05, 0) is 29.2 Å². The van der Waals surface area contributed by atoms with Gasteiger partial charge in [0.2, 0.25) is 0 Å². The molecule has 0 bridgehead atoms. The van der Waals surface area contributed by atoms with Gasteiger partial charge in [-0.25, -0.2) is 0 Å². The van der Waals surface area contributed by atoms with E-state index in [9.17, 15) is 4.79 Å². The van der Waals surface area contributed by atoms with Crippen molar-refractivity contribution in [2.24, 2.45) is 0 Å². The summed E-state index contributed by atoms with van der Waals surface area (Å²) in [5, 5.41) is 0. The molecule has 24 heavy (non-hydrogen) atoms. The first-order valence-corrected chi connectivity index (χ1v) is 7.97. The molecule has 120 valence electrons. The van der Waals surface area contributed by atoms with Crippen LogP contribution in [0.5, 0.6) is 0 Å². The van der Waals surface area contributed by atoms with E-state index in [0.717, 1.165) is 22.3 Å². The Morgan fingerprint density at radius 2 is 1.21 bits per heavy atom. The maximum absolute atomic E-state index is 13.2. The summed E-state index contributed by atoms with van der Waals surface area (Å²) in [7, 11) is 1.45. The topological polar surface area (TPSA) is 26.3 Å². The Labute approximate surface area is 142 Å². The van der Waals surface area contributed by atoms with Crippen LogP contribution in [0.3, 0.4) is 0 Å². The number of carbonyl (C=O) groups is 1. The Hall–Kier alpha value is -2.87. The Morgan fingerprint density at radius 3 is 1.67 bits per heavy atom. The second kappa shape index (κ2) is 6.71. The molecular formula is C22H20O2. The summed E-state index contributed by atoms with van der Waals surface area (Å²) in [6, 6.07) is 27.6. The summed E-state index contributed by atoms with van der Waals surface area (Å²) in [5.41, 5.74) is 2.81. The minimum absolute atomic E-state index is 0.283. The largest absolute Gasteiger partial charge is 0.468 e. The highest BCUT2D eigenvalue weighted by atomic mass is 16.5. The molecule has 0 unspecified atom stereocenters. The van der Waals surface area contributed by atoms with Gasteiger partial charge >= 0.3 is 5.97 Å². The van der Waals surface area contributed by atoms with Crippen molar-refractivity contribution in [1.29, 1.82) is 0 Å². The predicted molar refractivity (Wildman–Crippen MR) is 96.0 cm³/mol. The first-order chi connectivity index (χ1) is 11.7. The lowest BCUT2D eigenvalue weighted by atomic mass is 9.68. The molecule has 2 heteroatoms. The summed E-state index contributed by atoms with van der Waals surface area (Å²) in [6.07, 6.45) is 0. The third-order valence-corrected chi connectivity index (χ3v) is 4.45. The highest BCUT2D eigenvalue weighted by molar-refractivity contribution is 5.92. The van der Waals surface area contributed by atoms with Crippen LogP contribution < -0.4 is 0 Å². The second-order valence-corrected chi connectivity index (χ2v) is 5.79. The molecule has 0 heterocycles. The van der Waals surface area contributed by atoms with Gasteiger partial charge in [0.05, 0.1) is 7.11 Å². The summed E-state index contributed by atoms with van der Waals surface area (Å²) in [6.45, 7) is 2.03. The van der Waals surface area contributed by atoms with Crippen LogP contribution >= 0.6 is 0 Å². The number of esters is 1. The zero-order valence-corrected chi connectivity index (χ0v) is 13.9. The zero-order chi connectivity index (χ0) is 17.0. The van der Waals surface area contributed by atoms with Crippen LogP contribution in [-0.2, 0) is 14.9 Å². The fourth-order valence-electron chi connectivity index (χ4n) is 3.35.